The van der Waals surface area contributed by atoms with Crippen molar-refractivity contribution in [3.05, 3.63) is 145 Å². The molecule has 15 nitrogen and oxygen atoms in total. The monoisotopic (exact) mass is 851 g/mol. The number of benzene rings is 6. The van der Waals surface area contributed by atoms with Crippen molar-refractivity contribution in [2.24, 2.45) is 20.5 Å². The number of nitrogens with one attached hydrogen (secondary N) is 2. The van der Waals surface area contributed by atoms with Crippen LogP contribution in [0.15, 0.2) is 164 Å². The molecule has 0 radical (unpaired) electrons. The van der Waals surface area contributed by atoms with E-state index in [9.17, 15) is 31.2 Å². The Hall–Kier alpha value is -7.27. The average molecular weight is 852 g/mol. The van der Waals surface area contributed by atoms with Crippen LogP contribution in [0.25, 0.3) is 32.8 Å². The lowest BCUT2D eigenvalue weighted by Crippen LogP contribution is -2.05. The Balaban J connectivity index is 1.21. The number of hydrogen-bond donors (Lipinski definition) is 4. The van der Waals surface area contributed by atoms with E-state index < -0.39 is 20.2 Å². The number of azo groups is 2. The van der Waals surface area contributed by atoms with Crippen LogP contribution in [0.2, 0.25) is 0 Å². The van der Waals surface area contributed by atoms with Gasteiger partial charge in [-0.1, -0.05) is 78.1 Å². The van der Waals surface area contributed by atoms with E-state index in [2.05, 4.69) is 42.1 Å². The molecule has 0 saturated heterocycles. The highest BCUT2D eigenvalue weighted by Gasteiger charge is 2.20. The Morgan fingerprint density at radius 2 is 1.17 bits per heavy atom. The zero-order chi connectivity index (χ0) is 42.0. The summed E-state index contributed by atoms with van der Waals surface area (Å²) >= 11 is 1.15. The van der Waals surface area contributed by atoms with Crippen molar-refractivity contribution in [3.63, 3.8) is 0 Å². The van der Waals surface area contributed by atoms with E-state index in [0.29, 0.717) is 33.3 Å². The van der Waals surface area contributed by atoms with Crippen LogP contribution in [0.1, 0.15) is 11.1 Å². The van der Waals surface area contributed by atoms with Gasteiger partial charge in [0, 0.05) is 22.5 Å². The maximum Gasteiger partial charge on any atom is 0.294 e. The molecule has 2 aromatic heterocycles. The second-order valence-electron chi connectivity index (χ2n) is 13.2. The van der Waals surface area contributed by atoms with E-state index in [4.69, 9.17) is 4.98 Å². The minimum atomic E-state index is -4.47. The first-order chi connectivity index (χ1) is 28.8. The molecule has 0 amide bonds. The third-order valence-electron chi connectivity index (χ3n) is 9.20. The minimum absolute atomic E-state index is 0.0647. The van der Waals surface area contributed by atoms with Gasteiger partial charge in [-0.05, 0) is 95.2 Å². The summed E-state index contributed by atoms with van der Waals surface area (Å²) in [6.45, 7) is 1.64. The van der Waals surface area contributed by atoms with Gasteiger partial charge in [0.05, 0.1) is 21.0 Å². The van der Waals surface area contributed by atoms with Crippen LogP contribution in [0.5, 0.6) is 0 Å². The summed E-state index contributed by atoms with van der Waals surface area (Å²) in [4.78, 5) is 8.82. The fourth-order valence-corrected chi connectivity index (χ4v) is 7.89. The molecule has 4 N–H and O–H groups in total. The molecule has 18 heteroatoms. The van der Waals surface area contributed by atoms with Crippen LogP contribution in [-0.4, -0.2) is 35.9 Å². The fourth-order valence-electron chi connectivity index (χ4n) is 6.20. The second kappa shape index (κ2) is 16.2. The van der Waals surface area contributed by atoms with Gasteiger partial charge in [0.15, 0.2) is 16.6 Å². The summed E-state index contributed by atoms with van der Waals surface area (Å²) < 4.78 is 65.6. The number of rotatable bonds is 11. The van der Waals surface area contributed by atoms with Gasteiger partial charge in [0.2, 0.25) is 5.13 Å². The third kappa shape index (κ3) is 8.61. The molecule has 0 aliphatic heterocycles. The maximum atomic E-state index is 11.7. The van der Waals surface area contributed by atoms with Gasteiger partial charge < -0.3 is 10.6 Å². The largest absolute Gasteiger partial charge is 0.339 e. The van der Waals surface area contributed by atoms with Crippen LogP contribution < -0.4 is 10.6 Å². The van der Waals surface area contributed by atoms with E-state index in [-0.39, 0.29) is 37.8 Å². The van der Waals surface area contributed by atoms with Crippen molar-refractivity contribution < 1.29 is 25.9 Å². The molecule has 8 aromatic rings. The van der Waals surface area contributed by atoms with E-state index >= 15 is 0 Å². The van der Waals surface area contributed by atoms with Crippen LogP contribution >= 0.6 is 11.3 Å². The van der Waals surface area contributed by atoms with Crippen LogP contribution in [-0.2, 0) is 20.2 Å². The van der Waals surface area contributed by atoms with E-state index in [1.165, 1.54) is 48.5 Å². The molecule has 0 aliphatic carbocycles. The molecule has 0 fully saturated rings. The Morgan fingerprint density at radius 1 is 0.617 bits per heavy atom. The molecule has 6 aromatic carbocycles. The molecule has 0 atom stereocenters. The molecule has 0 spiro atoms. The summed E-state index contributed by atoms with van der Waals surface area (Å²) in [6, 6.07) is 40.1. The lowest BCUT2D eigenvalue weighted by Gasteiger charge is -2.16. The molecule has 2 heterocycles. The fraction of sp³-hybridized carbons (Fsp3) is 0.0238. The molecule has 60 heavy (non-hydrogen) atoms. The summed E-state index contributed by atoms with van der Waals surface area (Å²) in [5, 5.41) is 39.5. The molecule has 8 rings (SSSR count). The summed E-state index contributed by atoms with van der Waals surface area (Å²) in [7, 11) is -8.91. The van der Waals surface area contributed by atoms with Crippen LogP contribution in [0.4, 0.5) is 44.5 Å². The van der Waals surface area contributed by atoms with Crippen molar-refractivity contribution >= 4 is 97.6 Å². The first-order valence-electron chi connectivity index (χ1n) is 17.8. The van der Waals surface area contributed by atoms with Gasteiger partial charge >= 0.3 is 0 Å². The number of fused-ring (bicyclic) bond motifs is 2. The Bertz CT molecular complexity index is 3290. The number of nitrogens with zero attached hydrogens (tertiary/aromatic N) is 7. The standard InChI is InChI=1S/C42H29N9O6S3/c1-25-36(24-43)39(44-31-14-18-34(19-15-31)59(52,53)54)47-40(45-32-16-20-35(21-17-32)60(55,56)57)37(25)49-51-42-46-38(30-11-10-26-6-2-4-8-28(26)22-30)41(58-42)50-48-33-13-12-27-7-3-5-9-29(27)23-33/h2-23H,1H3,(H2,44,45,47)(H,52,53,54)(H,55,56,57). The van der Waals surface area contributed by atoms with E-state index in [1.807, 2.05) is 84.9 Å². The van der Waals surface area contributed by atoms with E-state index in [0.717, 1.165) is 38.4 Å². The SMILES string of the molecule is Cc1c(C#N)c(Nc2ccc(S(=O)(=O)O)cc2)nc(Nc2ccc(S(=O)(=O)O)cc2)c1N=Nc1nc(-c2ccc3ccccc3c2)c(N=Nc2ccc3ccccc3c2)s1. The van der Waals surface area contributed by atoms with Gasteiger partial charge in [0.25, 0.3) is 20.2 Å². The number of hydrogen-bond acceptors (Lipinski definition) is 14. The normalized spacial score (nSPS) is 12.0. The second-order valence-corrected chi connectivity index (χ2v) is 17.0. The van der Waals surface area contributed by atoms with Crippen molar-refractivity contribution in [2.45, 2.75) is 16.7 Å². The Labute approximate surface area is 347 Å². The summed E-state index contributed by atoms with van der Waals surface area (Å²) in [5.74, 6) is 0.157. The van der Waals surface area contributed by atoms with Crippen LogP contribution in [0.3, 0.4) is 0 Å². The van der Waals surface area contributed by atoms with Gasteiger partial charge in [-0.3, -0.25) is 9.11 Å². The van der Waals surface area contributed by atoms with Gasteiger partial charge in [-0.15, -0.1) is 20.5 Å². The highest BCUT2D eigenvalue weighted by atomic mass is 32.2. The average Bonchev–Trinajstić information content (AvgIpc) is 3.65. The predicted octanol–water partition coefficient (Wildman–Crippen LogP) is 11.5. The van der Waals surface area contributed by atoms with Gasteiger partial charge in [-0.2, -0.15) is 22.1 Å². The van der Waals surface area contributed by atoms with Gasteiger partial charge in [-0.25, -0.2) is 9.97 Å². The van der Waals surface area contributed by atoms with Crippen molar-refractivity contribution in [1.82, 2.24) is 9.97 Å². The molecule has 0 bridgehead atoms. The maximum absolute atomic E-state index is 11.7. The third-order valence-corrected chi connectivity index (χ3v) is 11.8. The molecular formula is C42H29N9O6S3. The molecule has 0 unspecified atom stereocenters. The number of aromatic nitrogens is 2. The Morgan fingerprint density at radius 3 is 1.75 bits per heavy atom. The summed E-state index contributed by atoms with van der Waals surface area (Å²) in [6.07, 6.45) is 0. The first kappa shape index (κ1) is 39.6. The lowest BCUT2D eigenvalue weighted by molar-refractivity contribution is 0.481. The Kier molecular flexibility index (Phi) is 10.7. The first-order valence-corrected chi connectivity index (χ1v) is 21.5. The predicted molar refractivity (Wildman–Crippen MR) is 230 cm³/mol. The topological polar surface area (TPSA) is 232 Å². The molecule has 0 saturated carbocycles. The number of anilines is 4. The summed E-state index contributed by atoms with van der Waals surface area (Å²) in [5.41, 5.74) is 3.20. The van der Waals surface area contributed by atoms with Crippen LogP contribution in [0, 0.1) is 18.3 Å². The quantitative estimate of drug-likeness (QED) is 0.0706. The number of pyridine rings is 1. The number of nitriles is 1. The van der Waals surface area contributed by atoms with E-state index in [1.54, 1.807) is 6.92 Å². The minimum Gasteiger partial charge on any atom is -0.339 e. The van der Waals surface area contributed by atoms with Crippen molar-refractivity contribution in [3.8, 4) is 17.3 Å². The van der Waals surface area contributed by atoms with Gasteiger partial charge in [0.1, 0.15) is 17.5 Å². The zero-order valence-corrected chi connectivity index (χ0v) is 33.5. The lowest BCUT2D eigenvalue weighted by atomic mass is 10.1. The van der Waals surface area contributed by atoms with Crippen molar-refractivity contribution in [2.75, 3.05) is 10.6 Å². The zero-order valence-electron chi connectivity index (χ0n) is 31.1. The molecule has 0 aliphatic rings. The molecular weight excluding hydrogens is 823 g/mol. The highest BCUT2D eigenvalue weighted by molar-refractivity contribution is 7.86. The number of thiazole rings is 1. The van der Waals surface area contributed by atoms with Crippen molar-refractivity contribution in [1.29, 1.82) is 5.26 Å². The highest BCUT2D eigenvalue weighted by Crippen LogP contribution is 2.43. The smallest absolute Gasteiger partial charge is 0.294 e. The molecule has 296 valence electrons.